The summed E-state index contributed by atoms with van der Waals surface area (Å²) >= 11 is 6.25. The van der Waals surface area contributed by atoms with E-state index in [1.165, 1.54) is 0 Å². The largest absolute Gasteiger partial charge is 0.322 e. The van der Waals surface area contributed by atoms with Crippen LogP contribution in [0, 0.1) is 13.8 Å². The number of hydrogen-bond acceptors (Lipinski definition) is 4. The van der Waals surface area contributed by atoms with Gasteiger partial charge in [0.15, 0.2) is 0 Å². The standard InChI is InChI=1S/C19H26ClN5O/c1-14-19(15(2)23(3)22-14)21-18(26)13-25-10-8-24(9-11-25)12-16-6-4-5-7-17(16)20/h4-7H,8-13H2,1-3H3,(H,21,26). The second-order valence-electron chi connectivity index (χ2n) is 6.86. The van der Waals surface area contributed by atoms with Crippen molar-refractivity contribution in [3.8, 4) is 0 Å². The maximum atomic E-state index is 12.4. The molecule has 3 rings (SSSR count). The van der Waals surface area contributed by atoms with Crippen LogP contribution in [0.3, 0.4) is 0 Å². The highest BCUT2D eigenvalue weighted by atomic mass is 35.5. The molecule has 2 heterocycles. The van der Waals surface area contributed by atoms with E-state index >= 15 is 0 Å². The van der Waals surface area contributed by atoms with Gasteiger partial charge in [0.05, 0.1) is 23.6 Å². The zero-order chi connectivity index (χ0) is 18.7. The van der Waals surface area contributed by atoms with Gasteiger partial charge in [-0.25, -0.2) is 0 Å². The third-order valence-corrected chi connectivity index (χ3v) is 5.33. The van der Waals surface area contributed by atoms with Crippen LogP contribution in [0.15, 0.2) is 24.3 Å². The molecule has 0 radical (unpaired) electrons. The van der Waals surface area contributed by atoms with Crippen molar-refractivity contribution in [1.29, 1.82) is 0 Å². The van der Waals surface area contributed by atoms with E-state index < -0.39 is 0 Å². The van der Waals surface area contributed by atoms with Crippen LogP contribution in [-0.2, 0) is 18.4 Å². The molecule has 6 nitrogen and oxygen atoms in total. The first-order valence-electron chi connectivity index (χ1n) is 8.92. The molecule has 7 heteroatoms. The first kappa shape index (κ1) is 18.9. The predicted molar refractivity (Wildman–Crippen MR) is 104 cm³/mol. The molecule has 1 fully saturated rings. The van der Waals surface area contributed by atoms with E-state index in [-0.39, 0.29) is 5.91 Å². The number of carbonyl (C=O) groups excluding carboxylic acids is 1. The molecule has 1 N–H and O–H groups in total. The number of amides is 1. The maximum Gasteiger partial charge on any atom is 0.238 e. The Morgan fingerprint density at radius 3 is 2.42 bits per heavy atom. The molecule has 0 unspecified atom stereocenters. The van der Waals surface area contributed by atoms with E-state index in [4.69, 9.17) is 11.6 Å². The van der Waals surface area contributed by atoms with Gasteiger partial charge in [-0.2, -0.15) is 5.10 Å². The van der Waals surface area contributed by atoms with Crippen molar-refractivity contribution >= 4 is 23.2 Å². The fraction of sp³-hybridized carbons (Fsp3) is 0.474. The number of nitrogens with one attached hydrogen (secondary N) is 1. The average Bonchev–Trinajstić information content (AvgIpc) is 2.85. The molecule has 0 aliphatic carbocycles. The normalized spacial score (nSPS) is 16.0. The Kier molecular flexibility index (Phi) is 5.96. The molecule has 0 spiro atoms. The topological polar surface area (TPSA) is 53.4 Å². The van der Waals surface area contributed by atoms with Crippen LogP contribution < -0.4 is 5.32 Å². The minimum atomic E-state index is 0.0174. The van der Waals surface area contributed by atoms with Gasteiger partial charge in [-0.15, -0.1) is 0 Å². The van der Waals surface area contributed by atoms with Crippen LogP contribution in [0.25, 0.3) is 0 Å². The van der Waals surface area contributed by atoms with Crippen molar-refractivity contribution < 1.29 is 4.79 Å². The Bertz CT molecular complexity index is 780. The van der Waals surface area contributed by atoms with Gasteiger partial charge in [-0.1, -0.05) is 29.8 Å². The number of rotatable bonds is 5. The fourth-order valence-corrected chi connectivity index (χ4v) is 3.51. The monoisotopic (exact) mass is 375 g/mol. The van der Waals surface area contributed by atoms with Crippen LogP contribution in [0.2, 0.25) is 5.02 Å². The molecule has 0 saturated carbocycles. The highest BCUT2D eigenvalue weighted by Crippen LogP contribution is 2.19. The molecule has 1 aliphatic rings. The van der Waals surface area contributed by atoms with Crippen molar-refractivity contribution in [1.82, 2.24) is 19.6 Å². The van der Waals surface area contributed by atoms with Crippen LogP contribution in [0.1, 0.15) is 17.0 Å². The number of carbonyl (C=O) groups is 1. The summed E-state index contributed by atoms with van der Waals surface area (Å²) in [4.78, 5) is 17.0. The van der Waals surface area contributed by atoms with Gasteiger partial charge in [0, 0.05) is 44.8 Å². The van der Waals surface area contributed by atoms with E-state index in [2.05, 4.69) is 26.3 Å². The summed E-state index contributed by atoms with van der Waals surface area (Å²) in [5, 5.41) is 8.16. The number of hydrogen-bond donors (Lipinski definition) is 1. The van der Waals surface area contributed by atoms with Crippen LogP contribution >= 0.6 is 11.6 Å². The third-order valence-electron chi connectivity index (χ3n) is 4.96. The minimum Gasteiger partial charge on any atom is -0.322 e. The lowest BCUT2D eigenvalue weighted by atomic mass is 10.2. The zero-order valence-electron chi connectivity index (χ0n) is 15.6. The molecule has 26 heavy (non-hydrogen) atoms. The van der Waals surface area contributed by atoms with E-state index in [0.717, 1.165) is 60.4 Å². The molecular weight excluding hydrogens is 350 g/mol. The minimum absolute atomic E-state index is 0.0174. The number of halogens is 1. The fourth-order valence-electron chi connectivity index (χ4n) is 3.31. The first-order chi connectivity index (χ1) is 12.4. The number of aryl methyl sites for hydroxylation is 2. The van der Waals surface area contributed by atoms with Crippen LogP contribution in [-0.4, -0.2) is 58.2 Å². The van der Waals surface area contributed by atoms with Crippen molar-refractivity contribution in [2.45, 2.75) is 20.4 Å². The van der Waals surface area contributed by atoms with Gasteiger partial charge in [0.1, 0.15) is 0 Å². The summed E-state index contributed by atoms with van der Waals surface area (Å²) in [6.07, 6.45) is 0. The van der Waals surface area contributed by atoms with E-state index in [1.54, 1.807) is 4.68 Å². The lowest BCUT2D eigenvalue weighted by Gasteiger charge is -2.34. The maximum absolute atomic E-state index is 12.4. The Morgan fingerprint density at radius 1 is 1.15 bits per heavy atom. The first-order valence-corrected chi connectivity index (χ1v) is 9.30. The summed E-state index contributed by atoms with van der Waals surface area (Å²) in [6.45, 7) is 8.76. The van der Waals surface area contributed by atoms with E-state index in [9.17, 15) is 4.79 Å². The molecule has 1 aromatic carbocycles. The lowest BCUT2D eigenvalue weighted by Crippen LogP contribution is -2.48. The van der Waals surface area contributed by atoms with Gasteiger partial charge in [-0.3, -0.25) is 19.3 Å². The lowest BCUT2D eigenvalue weighted by molar-refractivity contribution is -0.117. The SMILES string of the molecule is Cc1nn(C)c(C)c1NC(=O)CN1CCN(Cc2ccccc2Cl)CC1. The van der Waals surface area contributed by atoms with E-state index in [0.29, 0.717) is 6.54 Å². The van der Waals surface area contributed by atoms with Crippen molar-refractivity contribution in [3.63, 3.8) is 0 Å². The Hall–Kier alpha value is -1.89. The number of anilines is 1. The second kappa shape index (κ2) is 8.20. The molecule has 1 saturated heterocycles. The number of piperazine rings is 1. The van der Waals surface area contributed by atoms with Gasteiger partial charge in [0.25, 0.3) is 0 Å². The summed E-state index contributed by atoms with van der Waals surface area (Å²) in [5.74, 6) is 0.0174. The van der Waals surface area contributed by atoms with Gasteiger partial charge in [0.2, 0.25) is 5.91 Å². The predicted octanol–water partition coefficient (Wildman–Crippen LogP) is 2.45. The smallest absolute Gasteiger partial charge is 0.238 e. The highest BCUT2D eigenvalue weighted by molar-refractivity contribution is 6.31. The Morgan fingerprint density at radius 2 is 1.81 bits per heavy atom. The van der Waals surface area contributed by atoms with Crippen molar-refractivity contribution in [2.24, 2.45) is 7.05 Å². The molecule has 1 aromatic heterocycles. The van der Waals surface area contributed by atoms with Gasteiger partial charge < -0.3 is 5.32 Å². The molecular formula is C19H26ClN5O. The molecule has 140 valence electrons. The summed E-state index contributed by atoms with van der Waals surface area (Å²) in [7, 11) is 1.89. The summed E-state index contributed by atoms with van der Waals surface area (Å²) in [6, 6.07) is 7.97. The summed E-state index contributed by atoms with van der Waals surface area (Å²) in [5.41, 5.74) is 3.81. The molecule has 0 bridgehead atoms. The summed E-state index contributed by atoms with van der Waals surface area (Å²) < 4.78 is 1.79. The number of aromatic nitrogens is 2. The highest BCUT2D eigenvalue weighted by Gasteiger charge is 2.20. The van der Waals surface area contributed by atoms with Crippen LogP contribution in [0.4, 0.5) is 5.69 Å². The Balaban J connectivity index is 1.48. The average molecular weight is 376 g/mol. The number of nitrogens with zero attached hydrogens (tertiary/aromatic N) is 4. The Labute approximate surface area is 159 Å². The molecule has 2 aromatic rings. The molecule has 1 aliphatic heterocycles. The number of benzene rings is 1. The van der Waals surface area contributed by atoms with Gasteiger partial charge in [-0.05, 0) is 25.5 Å². The van der Waals surface area contributed by atoms with E-state index in [1.807, 2.05) is 39.1 Å². The van der Waals surface area contributed by atoms with Crippen LogP contribution in [0.5, 0.6) is 0 Å². The molecule has 0 atom stereocenters. The quantitative estimate of drug-likeness (QED) is 0.872. The second-order valence-corrected chi connectivity index (χ2v) is 7.27. The van der Waals surface area contributed by atoms with Crippen molar-refractivity contribution in [2.75, 3.05) is 38.0 Å². The molecule has 1 amide bonds. The third kappa shape index (κ3) is 4.44. The zero-order valence-corrected chi connectivity index (χ0v) is 16.4. The van der Waals surface area contributed by atoms with Gasteiger partial charge >= 0.3 is 0 Å². The van der Waals surface area contributed by atoms with Crippen molar-refractivity contribution in [3.05, 3.63) is 46.2 Å².